The van der Waals surface area contributed by atoms with Crippen molar-refractivity contribution in [3.63, 3.8) is 0 Å². The standard InChI is InChI=1S/C14H21N3O/c1-17(12-6-4-2-3-5-7-12)14(18)11-8-9-16-13(15)10-11/h8-10,12H,2-7H2,1H3,(H2,15,16). The van der Waals surface area contributed by atoms with Gasteiger partial charge in [-0.3, -0.25) is 4.79 Å². The molecule has 0 saturated heterocycles. The smallest absolute Gasteiger partial charge is 0.254 e. The number of hydrogen-bond donors (Lipinski definition) is 1. The first-order chi connectivity index (χ1) is 8.68. The first-order valence-electron chi connectivity index (χ1n) is 6.67. The normalized spacial score (nSPS) is 17.2. The molecule has 1 aliphatic carbocycles. The summed E-state index contributed by atoms with van der Waals surface area (Å²) >= 11 is 0. The molecule has 0 spiro atoms. The number of carbonyl (C=O) groups excluding carboxylic acids is 1. The van der Waals surface area contributed by atoms with Crippen LogP contribution < -0.4 is 5.73 Å². The third-order valence-corrected chi connectivity index (χ3v) is 3.72. The summed E-state index contributed by atoms with van der Waals surface area (Å²) in [5, 5.41) is 0. The molecule has 1 aromatic heterocycles. The van der Waals surface area contributed by atoms with E-state index in [0.717, 1.165) is 12.8 Å². The van der Waals surface area contributed by atoms with Gasteiger partial charge in [0.05, 0.1) is 0 Å². The Hall–Kier alpha value is -1.58. The summed E-state index contributed by atoms with van der Waals surface area (Å²) in [4.78, 5) is 18.1. The van der Waals surface area contributed by atoms with E-state index >= 15 is 0 Å². The molecule has 0 aliphatic heterocycles. The van der Waals surface area contributed by atoms with Crippen molar-refractivity contribution < 1.29 is 4.79 Å². The van der Waals surface area contributed by atoms with Crippen molar-refractivity contribution in [3.05, 3.63) is 23.9 Å². The zero-order valence-corrected chi connectivity index (χ0v) is 10.9. The molecule has 98 valence electrons. The maximum atomic E-state index is 12.4. The minimum Gasteiger partial charge on any atom is -0.384 e. The van der Waals surface area contributed by atoms with Crippen LogP contribution in [0.1, 0.15) is 48.9 Å². The van der Waals surface area contributed by atoms with E-state index in [1.165, 1.54) is 25.7 Å². The monoisotopic (exact) mass is 247 g/mol. The Kier molecular flexibility index (Phi) is 4.18. The van der Waals surface area contributed by atoms with Crippen LogP contribution in [0, 0.1) is 0 Å². The van der Waals surface area contributed by atoms with E-state index < -0.39 is 0 Å². The Labute approximate surface area is 108 Å². The molecule has 1 aliphatic rings. The summed E-state index contributed by atoms with van der Waals surface area (Å²) in [5.41, 5.74) is 6.25. The second kappa shape index (κ2) is 5.85. The van der Waals surface area contributed by atoms with Crippen molar-refractivity contribution >= 4 is 11.7 Å². The average Bonchev–Trinajstić information content (AvgIpc) is 2.66. The first kappa shape index (κ1) is 12.9. The molecule has 2 N–H and O–H groups in total. The predicted octanol–water partition coefficient (Wildman–Crippen LogP) is 2.46. The summed E-state index contributed by atoms with van der Waals surface area (Å²) < 4.78 is 0. The van der Waals surface area contributed by atoms with Gasteiger partial charge in [-0.15, -0.1) is 0 Å². The summed E-state index contributed by atoms with van der Waals surface area (Å²) in [6.07, 6.45) is 8.85. The highest BCUT2D eigenvalue weighted by Gasteiger charge is 2.22. The minimum atomic E-state index is 0.0519. The zero-order valence-electron chi connectivity index (χ0n) is 10.9. The number of amides is 1. The predicted molar refractivity (Wildman–Crippen MR) is 72.2 cm³/mol. The molecule has 18 heavy (non-hydrogen) atoms. The van der Waals surface area contributed by atoms with Crippen molar-refractivity contribution in [1.82, 2.24) is 9.88 Å². The van der Waals surface area contributed by atoms with Crippen molar-refractivity contribution in [1.29, 1.82) is 0 Å². The average molecular weight is 247 g/mol. The second-order valence-corrected chi connectivity index (χ2v) is 5.03. The van der Waals surface area contributed by atoms with Gasteiger partial charge in [-0.1, -0.05) is 25.7 Å². The minimum absolute atomic E-state index is 0.0519. The molecule has 1 aromatic rings. The van der Waals surface area contributed by atoms with Gasteiger partial charge in [-0.2, -0.15) is 0 Å². The number of aromatic nitrogens is 1. The molecule has 0 bridgehead atoms. The van der Waals surface area contributed by atoms with Crippen LogP contribution in [-0.4, -0.2) is 28.9 Å². The van der Waals surface area contributed by atoms with E-state index in [1.54, 1.807) is 18.3 Å². The van der Waals surface area contributed by atoms with E-state index in [0.29, 0.717) is 17.4 Å². The number of carbonyl (C=O) groups is 1. The highest BCUT2D eigenvalue weighted by molar-refractivity contribution is 5.94. The van der Waals surface area contributed by atoms with Crippen LogP contribution in [0.15, 0.2) is 18.3 Å². The highest BCUT2D eigenvalue weighted by atomic mass is 16.2. The van der Waals surface area contributed by atoms with Gasteiger partial charge < -0.3 is 10.6 Å². The van der Waals surface area contributed by atoms with Gasteiger partial charge in [0.25, 0.3) is 5.91 Å². The number of anilines is 1. The highest BCUT2D eigenvalue weighted by Crippen LogP contribution is 2.22. The Morgan fingerprint density at radius 2 is 2.00 bits per heavy atom. The van der Waals surface area contributed by atoms with Crippen molar-refractivity contribution in [2.75, 3.05) is 12.8 Å². The zero-order chi connectivity index (χ0) is 13.0. The van der Waals surface area contributed by atoms with E-state index in [4.69, 9.17) is 5.73 Å². The van der Waals surface area contributed by atoms with Crippen molar-refractivity contribution in [3.8, 4) is 0 Å². The summed E-state index contributed by atoms with van der Waals surface area (Å²) in [7, 11) is 1.90. The largest absolute Gasteiger partial charge is 0.384 e. The fourth-order valence-corrected chi connectivity index (χ4v) is 2.60. The third kappa shape index (κ3) is 3.00. The van der Waals surface area contributed by atoms with Crippen LogP contribution in [0.3, 0.4) is 0 Å². The molecular weight excluding hydrogens is 226 g/mol. The van der Waals surface area contributed by atoms with Gasteiger partial charge in [-0.25, -0.2) is 4.98 Å². The molecule has 0 aromatic carbocycles. The van der Waals surface area contributed by atoms with Gasteiger partial charge >= 0.3 is 0 Å². The van der Waals surface area contributed by atoms with Gasteiger partial charge in [0.1, 0.15) is 5.82 Å². The molecule has 4 nitrogen and oxygen atoms in total. The van der Waals surface area contributed by atoms with Gasteiger partial charge in [0, 0.05) is 24.8 Å². The topological polar surface area (TPSA) is 59.2 Å². The number of hydrogen-bond acceptors (Lipinski definition) is 3. The fraction of sp³-hybridized carbons (Fsp3) is 0.571. The van der Waals surface area contributed by atoms with E-state index in [1.807, 2.05) is 11.9 Å². The van der Waals surface area contributed by atoms with E-state index in [-0.39, 0.29) is 5.91 Å². The number of nitrogen functional groups attached to an aromatic ring is 1. The summed E-state index contributed by atoms with van der Waals surface area (Å²) in [6, 6.07) is 3.75. The molecule has 0 radical (unpaired) electrons. The molecule has 1 saturated carbocycles. The molecule has 4 heteroatoms. The maximum Gasteiger partial charge on any atom is 0.254 e. The number of nitrogens with zero attached hydrogens (tertiary/aromatic N) is 2. The lowest BCUT2D eigenvalue weighted by Gasteiger charge is -2.27. The van der Waals surface area contributed by atoms with Crippen molar-refractivity contribution in [2.24, 2.45) is 0 Å². The Bertz CT molecular complexity index is 411. The second-order valence-electron chi connectivity index (χ2n) is 5.03. The maximum absolute atomic E-state index is 12.4. The first-order valence-corrected chi connectivity index (χ1v) is 6.67. The number of pyridine rings is 1. The molecule has 2 rings (SSSR count). The number of nitrogens with two attached hydrogens (primary N) is 1. The third-order valence-electron chi connectivity index (χ3n) is 3.72. The van der Waals surface area contributed by atoms with E-state index in [9.17, 15) is 4.79 Å². The lowest BCUT2D eigenvalue weighted by Crippen LogP contribution is -2.36. The van der Waals surface area contributed by atoms with Crippen LogP contribution >= 0.6 is 0 Å². The lowest BCUT2D eigenvalue weighted by molar-refractivity contribution is 0.0717. The molecule has 1 fully saturated rings. The Morgan fingerprint density at radius 1 is 1.33 bits per heavy atom. The van der Waals surface area contributed by atoms with E-state index in [2.05, 4.69) is 4.98 Å². The van der Waals surface area contributed by atoms with Crippen molar-refractivity contribution in [2.45, 2.75) is 44.6 Å². The fourth-order valence-electron chi connectivity index (χ4n) is 2.60. The van der Waals surface area contributed by atoms with Crippen LogP contribution in [0.5, 0.6) is 0 Å². The lowest BCUT2D eigenvalue weighted by atomic mass is 10.1. The van der Waals surface area contributed by atoms with Crippen LogP contribution in [0.2, 0.25) is 0 Å². The van der Waals surface area contributed by atoms with Gasteiger partial charge in [0.2, 0.25) is 0 Å². The summed E-state index contributed by atoms with van der Waals surface area (Å²) in [5.74, 6) is 0.450. The molecule has 1 heterocycles. The van der Waals surface area contributed by atoms with Gasteiger partial charge in [-0.05, 0) is 25.0 Å². The SMILES string of the molecule is CN(C(=O)c1ccnc(N)c1)C1CCCCCC1. The summed E-state index contributed by atoms with van der Waals surface area (Å²) in [6.45, 7) is 0. The molecule has 0 atom stereocenters. The van der Waals surface area contributed by atoms with Crippen LogP contribution in [0.25, 0.3) is 0 Å². The van der Waals surface area contributed by atoms with Crippen LogP contribution in [0.4, 0.5) is 5.82 Å². The molecule has 0 unspecified atom stereocenters. The van der Waals surface area contributed by atoms with Gasteiger partial charge in [0.15, 0.2) is 0 Å². The Balaban J connectivity index is 2.07. The van der Waals surface area contributed by atoms with Crippen LogP contribution in [-0.2, 0) is 0 Å². The quantitative estimate of drug-likeness (QED) is 0.817. The Morgan fingerprint density at radius 3 is 2.61 bits per heavy atom. The molecule has 1 amide bonds. The molecular formula is C14H21N3O. The number of rotatable bonds is 2.